The Morgan fingerprint density at radius 3 is 2.32 bits per heavy atom. The zero-order valence-electron chi connectivity index (χ0n) is 9.85. The molecule has 1 atom stereocenters. The van der Waals surface area contributed by atoms with Gasteiger partial charge >= 0.3 is 0 Å². The van der Waals surface area contributed by atoms with Gasteiger partial charge in [0.15, 0.2) is 0 Å². The van der Waals surface area contributed by atoms with E-state index < -0.39 is 0 Å². The second kappa shape index (κ2) is 6.13. The van der Waals surface area contributed by atoms with E-state index in [2.05, 4.69) is 31.9 Å². The molecule has 0 aromatic heterocycles. The van der Waals surface area contributed by atoms with Crippen LogP contribution < -0.4 is 0 Å². The van der Waals surface area contributed by atoms with Crippen molar-refractivity contribution in [3.63, 3.8) is 0 Å². The molecule has 0 heterocycles. The van der Waals surface area contributed by atoms with Crippen molar-refractivity contribution >= 4 is 55.1 Å². The number of halogens is 5. The average Bonchev–Trinajstić information content (AvgIpc) is 2.33. The molecule has 0 saturated carbocycles. The molecule has 0 bridgehead atoms. The summed E-state index contributed by atoms with van der Waals surface area (Å²) in [4.78, 5) is -0.181. The molecule has 0 N–H and O–H groups in total. The summed E-state index contributed by atoms with van der Waals surface area (Å²) in [6, 6.07) is 8.68. The van der Waals surface area contributed by atoms with Gasteiger partial charge in [-0.25, -0.2) is 4.39 Å². The highest BCUT2D eigenvalue weighted by Gasteiger charge is 2.18. The molecule has 0 saturated heterocycles. The van der Waals surface area contributed by atoms with E-state index in [4.69, 9.17) is 23.2 Å². The van der Waals surface area contributed by atoms with Crippen LogP contribution in [-0.4, -0.2) is 0 Å². The number of benzene rings is 2. The van der Waals surface area contributed by atoms with Gasteiger partial charge in [0.2, 0.25) is 0 Å². The second-order valence-corrected chi connectivity index (χ2v) is 6.80. The lowest BCUT2D eigenvalue weighted by Crippen LogP contribution is -1.97. The largest absolute Gasteiger partial charge is 0.207 e. The molecule has 0 fully saturated rings. The topological polar surface area (TPSA) is 0 Å². The summed E-state index contributed by atoms with van der Waals surface area (Å²) in [5, 5.41) is 0.998. The molecule has 2 rings (SSSR count). The minimum Gasteiger partial charge on any atom is -0.207 e. The predicted octanol–water partition coefficient (Wildman–Crippen LogP) is 6.69. The Bertz CT molecular complexity index is 629. The van der Waals surface area contributed by atoms with Crippen LogP contribution >= 0.6 is 55.1 Å². The SMILES string of the molecule is Cc1cc(C(Br)c2ccc(Br)cc2Cl)c(Cl)cc1F. The van der Waals surface area contributed by atoms with E-state index in [9.17, 15) is 4.39 Å². The first-order valence-corrected chi connectivity index (χ1v) is 7.91. The third-order valence-corrected chi connectivity index (χ3v) is 4.92. The highest BCUT2D eigenvalue weighted by Crippen LogP contribution is 2.40. The van der Waals surface area contributed by atoms with Gasteiger partial charge in [-0.3, -0.25) is 0 Å². The highest BCUT2D eigenvalue weighted by atomic mass is 79.9. The van der Waals surface area contributed by atoms with E-state index in [-0.39, 0.29) is 10.6 Å². The molecule has 100 valence electrons. The Hall–Kier alpha value is -0.0900. The first kappa shape index (κ1) is 15.3. The fraction of sp³-hybridized carbons (Fsp3) is 0.143. The summed E-state index contributed by atoms with van der Waals surface area (Å²) < 4.78 is 14.3. The van der Waals surface area contributed by atoms with Gasteiger partial charge in [0.25, 0.3) is 0 Å². The fourth-order valence-corrected chi connectivity index (χ4v) is 3.83. The molecule has 2 aromatic carbocycles. The maximum Gasteiger partial charge on any atom is 0.127 e. The van der Waals surface area contributed by atoms with Crippen LogP contribution in [0, 0.1) is 12.7 Å². The van der Waals surface area contributed by atoms with Crippen LogP contribution in [0.15, 0.2) is 34.8 Å². The smallest absolute Gasteiger partial charge is 0.127 e. The molecule has 1 unspecified atom stereocenters. The van der Waals surface area contributed by atoms with E-state index in [0.717, 1.165) is 15.6 Å². The molecular formula is C14H9Br2Cl2F. The highest BCUT2D eigenvalue weighted by molar-refractivity contribution is 9.10. The van der Waals surface area contributed by atoms with Gasteiger partial charge in [-0.15, -0.1) is 0 Å². The monoisotopic (exact) mass is 424 g/mol. The summed E-state index contributed by atoms with van der Waals surface area (Å²) in [6.45, 7) is 1.71. The molecular weight excluding hydrogens is 418 g/mol. The van der Waals surface area contributed by atoms with E-state index in [1.54, 1.807) is 13.0 Å². The molecule has 19 heavy (non-hydrogen) atoms. The first-order chi connectivity index (χ1) is 8.90. The van der Waals surface area contributed by atoms with Crippen LogP contribution in [0.1, 0.15) is 21.5 Å². The minimum atomic E-state index is -0.310. The maximum atomic E-state index is 13.4. The van der Waals surface area contributed by atoms with Crippen LogP contribution in [0.2, 0.25) is 10.0 Å². The normalized spacial score (nSPS) is 12.5. The standard InChI is InChI=1S/C14H9Br2Cl2F/c1-7-4-10(12(18)6-13(7)19)14(16)9-3-2-8(15)5-11(9)17/h2-6,14H,1H3. The van der Waals surface area contributed by atoms with Crippen molar-refractivity contribution in [3.8, 4) is 0 Å². The number of aryl methyl sites for hydroxylation is 1. The molecule has 0 aliphatic carbocycles. The second-order valence-electron chi connectivity index (χ2n) is 4.15. The van der Waals surface area contributed by atoms with Crippen molar-refractivity contribution in [1.29, 1.82) is 0 Å². The van der Waals surface area contributed by atoms with Crippen molar-refractivity contribution in [2.45, 2.75) is 11.8 Å². The molecule has 2 aromatic rings. The molecule has 0 aliphatic rings. The molecule has 0 nitrogen and oxygen atoms in total. The van der Waals surface area contributed by atoms with Gasteiger partial charge in [0.05, 0.1) is 4.83 Å². The van der Waals surface area contributed by atoms with E-state index >= 15 is 0 Å². The zero-order valence-corrected chi connectivity index (χ0v) is 14.5. The van der Waals surface area contributed by atoms with Gasteiger partial charge < -0.3 is 0 Å². The Morgan fingerprint density at radius 1 is 1.05 bits per heavy atom. The van der Waals surface area contributed by atoms with Gasteiger partial charge in [-0.2, -0.15) is 0 Å². The molecule has 0 radical (unpaired) electrons. The van der Waals surface area contributed by atoms with Crippen molar-refractivity contribution in [2.24, 2.45) is 0 Å². The van der Waals surface area contributed by atoms with E-state index in [1.807, 2.05) is 18.2 Å². The third kappa shape index (κ3) is 3.33. The summed E-state index contributed by atoms with van der Waals surface area (Å²) in [5.74, 6) is -0.310. The third-order valence-electron chi connectivity index (χ3n) is 2.79. The average molecular weight is 427 g/mol. The quantitative estimate of drug-likeness (QED) is 0.469. The van der Waals surface area contributed by atoms with Crippen molar-refractivity contribution in [1.82, 2.24) is 0 Å². The van der Waals surface area contributed by atoms with Gasteiger partial charge in [0.1, 0.15) is 5.82 Å². The van der Waals surface area contributed by atoms with Gasteiger partial charge in [-0.05, 0) is 41.8 Å². The lowest BCUT2D eigenvalue weighted by atomic mass is 10.0. The lowest BCUT2D eigenvalue weighted by Gasteiger charge is -2.15. The summed E-state index contributed by atoms with van der Waals surface area (Å²) in [6.07, 6.45) is 0. The number of alkyl halides is 1. The maximum absolute atomic E-state index is 13.4. The van der Waals surface area contributed by atoms with Crippen LogP contribution in [0.4, 0.5) is 4.39 Å². The first-order valence-electron chi connectivity index (χ1n) is 5.44. The number of hydrogen-bond acceptors (Lipinski definition) is 0. The van der Waals surface area contributed by atoms with Crippen molar-refractivity contribution in [2.75, 3.05) is 0 Å². The molecule has 0 spiro atoms. The van der Waals surface area contributed by atoms with E-state index in [1.165, 1.54) is 6.07 Å². The Kier molecular flexibility index (Phi) is 4.93. The van der Waals surface area contributed by atoms with Crippen LogP contribution in [0.3, 0.4) is 0 Å². The summed E-state index contributed by atoms with van der Waals surface area (Å²) >= 11 is 19.3. The van der Waals surface area contributed by atoms with Crippen LogP contribution in [-0.2, 0) is 0 Å². The number of rotatable bonds is 2. The summed E-state index contributed by atoms with van der Waals surface area (Å²) in [5.41, 5.74) is 2.24. The number of hydrogen-bond donors (Lipinski definition) is 0. The van der Waals surface area contributed by atoms with Crippen molar-refractivity contribution in [3.05, 3.63) is 67.4 Å². The Balaban J connectivity index is 2.49. The van der Waals surface area contributed by atoms with Crippen LogP contribution in [0.25, 0.3) is 0 Å². The van der Waals surface area contributed by atoms with E-state index in [0.29, 0.717) is 15.6 Å². The Morgan fingerprint density at radius 2 is 1.68 bits per heavy atom. The van der Waals surface area contributed by atoms with Gasteiger partial charge in [-0.1, -0.05) is 67.2 Å². The minimum absolute atomic E-state index is 0.181. The van der Waals surface area contributed by atoms with Crippen LogP contribution in [0.5, 0.6) is 0 Å². The Labute approximate surface area is 138 Å². The molecule has 0 aliphatic heterocycles. The molecule has 0 amide bonds. The van der Waals surface area contributed by atoms with Gasteiger partial charge in [0, 0.05) is 14.5 Å². The zero-order chi connectivity index (χ0) is 14.2. The van der Waals surface area contributed by atoms with Crippen molar-refractivity contribution < 1.29 is 4.39 Å². The lowest BCUT2D eigenvalue weighted by molar-refractivity contribution is 0.618. The molecule has 5 heteroatoms. The predicted molar refractivity (Wildman–Crippen MR) is 86.1 cm³/mol. The fourth-order valence-electron chi connectivity index (χ4n) is 1.75. The summed E-state index contributed by atoms with van der Waals surface area (Å²) in [7, 11) is 0.